The normalized spacial score (nSPS) is 29.0. The van der Waals surface area contributed by atoms with E-state index in [-0.39, 0.29) is 17.3 Å². The summed E-state index contributed by atoms with van der Waals surface area (Å²) in [6.45, 7) is 3.88. The first-order valence-corrected chi connectivity index (χ1v) is 9.80. The molecule has 0 bridgehead atoms. The van der Waals surface area contributed by atoms with Crippen LogP contribution in [-0.2, 0) is 14.8 Å². The third-order valence-electron chi connectivity index (χ3n) is 4.86. The predicted molar refractivity (Wildman–Crippen MR) is 86.8 cm³/mol. The second kappa shape index (κ2) is 6.75. The molecule has 2 saturated heterocycles. The van der Waals surface area contributed by atoms with Crippen LogP contribution in [0.25, 0.3) is 0 Å². The molecule has 0 aromatic carbocycles. The van der Waals surface area contributed by atoms with Gasteiger partial charge in [-0.2, -0.15) is 0 Å². The van der Waals surface area contributed by atoms with Gasteiger partial charge in [0.15, 0.2) is 0 Å². The molecule has 1 aromatic heterocycles. The smallest absolute Gasteiger partial charge is 0.213 e. The molecule has 0 unspecified atom stereocenters. The van der Waals surface area contributed by atoms with Crippen LogP contribution in [-0.4, -0.2) is 55.9 Å². The number of ether oxygens (including phenoxy) is 2. The van der Waals surface area contributed by atoms with E-state index in [2.05, 4.69) is 4.98 Å². The van der Waals surface area contributed by atoms with Gasteiger partial charge < -0.3 is 9.47 Å². The molecule has 3 rings (SSSR count). The van der Waals surface area contributed by atoms with Crippen LogP contribution in [0.3, 0.4) is 0 Å². The molecule has 0 radical (unpaired) electrons. The van der Waals surface area contributed by atoms with Crippen molar-refractivity contribution < 1.29 is 17.9 Å². The Morgan fingerprint density at radius 2 is 2.35 bits per heavy atom. The summed E-state index contributed by atoms with van der Waals surface area (Å²) in [5, 5.41) is 0. The summed E-state index contributed by atoms with van der Waals surface area (Å²) in [5.74, 6) is 0.706. The number of rotatable bonds is 5. The molecular weight excluding hydrogens is 316 g/mol. The van der Waals surface area contributed by atoms with E-state index in [1.165, 1.54) is 0 Å². The Hall–Kier alpha value is -1.18. The van der Waals surface area contributed by atoms with Crippen molar-refractivity contribution in [3.05, 3.63) is 24.4 Å². The van der Waals surface area contributed by atoms with Gasteiger partial charge in [-0.25, -0.2) is 17.7 Å². The summed E-state index contributed by atoms with van der Waals surface area (Å²) < 4.78 is 38.0. The molecule has 0 spiro atoms. The number of hydrogen-bond acceptors (Lipinski definition) is 5. The maximum Gasteiger partial charge on any atom is 0.213 e. The first-order chi connectivity index (χ1) is 11.1. The standard InChI is InChI=1S/C16H24N2O4S/c1-2-23(19,20)18-10-7-14-16(12-18,8-5-11-21-14)13-22-15-6-3-4-9-17-15/h3-4,6,9,14H,2,5,7-8,10-13H2,1H3/t14-,16-/m1/s1. The summed E-state index contributed by atoms with van der Waals surface area (Å²) in [4.78, 5) is 4.19. The highest BCUT2D eigenvalue weighted by molar-refractivity contribution is 7.89. The van der Waals surface area contributed by atoms with Gasteiger partial charge in [0.1, 0.15) is 0 Å². The molecule has 0 amide bonds. The van der Waals surface area contributed by atoms with Gasteiger partial charge >= 0.3 is 0 Å². The number of fused-ring (bicyclic) bond motifs is 1. The Bertz CT molecular complexity index is 622. The Kier molecular flexibility index (Phi) is 4.89. The van der Waals surface area contributed by atoms with Gasteiger partial charge in [0, 0.05) is 37.4 Å². The van der Waals surface area contributed by atoms with Crippen LogP contribution in [0, 0.1) is 5.41 Å². The Morgan fingerprint density at radius 1 is 1.48 bits per heavy atom. The molecule has 2 atom stereocenters. The van der Waals surface area contributed by atoms with Gasteiger partial charge in [0.05, 0.1) is 18.5 Å². The zero-order valence-electron chi connectivity index (χ0n) is 13.5. The highest BCUT2D eigenvalue weighted by atomic mass is 32.2. The van der Waals surface area contributed by atoms with Crippen molar-refractivity contribution in [2.45, 2.75) is 32.3 Å². The number of pyridine rings is 1. The van der Waals surface area contributed by atoms with Gasteiger partial charge in [-0.3, -0.25) is 0 Å². The van der Waals surface area contributed by atoms with Gasteiger partial charge in [0.2, 0.25) is 15.9 Å². The maximum absolute atomic E-state index is 12.3. The molecule has 0 aliphatic carbocycles. The van der Waals surface area contributed by atoms with Crippen LogP contribution in [0.15, 0.2) is 24.4 Å². The summed E-state index contributed by atoms with van der Waals surface area (Å²) >= 11 is 0. The van der Waals surface area contributed by atoms with E-state index in [1.807, 2.05) is 18.2 Å². The SMILES string of the molecule is CCS(=O)(=O)N1CC[C@H]2OCCC[C@]2(COc2ccccn2)C1. The third-order valence-corrected chi connectivity index (χ3v) is 6.68. The molecule has 2 aliphatic heterocycles. The van der Waals surface area contributed by atoms with Crippen LogP contribution in [0.2, 0.25) is 0 Å². The second-order valence-corrected chi connectivity index (χ2v) is 8.56. The minimum atomic E-state index is -3.19. The molecule has 2 fully saturated rings. The third kappa shape index (κ3) is 3.51. The minimum Gasteiger partial charge on any atom is -0.477 e. The molecule has 128 valence electrons. The van der Waals surface area contributed by atoms with Crippen molar-refractivity contribution in [3.8, 4) is 5.88 Å². The molecule has 2 aliphatic rings. The van der Waals surface area contributed by atoms with Gasteiger partial charge in [-0.1, -0.05) is 6.07 Å². The summed E-state index contributed by atoms with van der Waals surface area (Å²) in [7, 11) is -3.19. The van der Waals surface area contributed by atoms with Crippen molar-refractivity contribution in [2.75, 3.05) is 32.1 Å². The first kappa shape index (κ1) is 16.7. The fourth-order valence-electron chi connectivity index (χ4n) is 3.53. The Balaban J connectivity index is 1.78. The van der Waals surface area contributed by atoms with Crippen molar-refractivity contribution >= 4 is 10.0 Å². The summed E-state index contributed by atoms with van der Waals surface area (Å²) in [5.41, 5.74) is -0.281. The number of nitrogens with zero attached hydrogens (tertiary/aromatic N) is 2. The Morgan fingerprint density at radius 3 is 3.09 bits per heavy atom. The van der Waals surface area contributed by atoms with Gasteiger partial charge in [-0.05, 0) is 32.3 Å². The van der Waals surface area contributed by atoms with E-state index in [0.29, 0.717) is 25.6 Å². The number of sulfonamides is 1. The van der Waals surface area contributed by atoms with E-state index >= 15 is 0 Å². The number of aromatic nitrogens is 1. The lowest BCUT2D eigenvalue weighted by Crippen LogP contribution is -2.58. The molecule has 0 saturated carbocycles. The van der Waals surface area contributed by atoms with Crippen molar-refractivity contribution in [1.29, 1.82) is 0 Å². The van der Waals surface area contributed by atoms with Crippen molar-refractivity contribution in [2.24, 2.45) is 5.41 Å². The zero-order chi connectivity index (χ0) is 16.3. The monoisotopic (exact) mass is 340 g/mol. The maximum atomic E-state index is 12.3. The van der Waals surface area contributed by atoms with Gasteiger partial charge in [0.25, 0.3) is 0 Å². The van der Waals surface area contributed by atoms with E-state index in [0.717, 1.165) is 25.9 Å². The zero-order valence-corrected chi connectivity index (χ0v) is 14.3. The van der Waals surface area contributed by atoms with Crippen molar-refractivity contribution in [1.82, 2.24) is 9.29 Å². The quantitative estimate of drug-likeness (QED) is 0.816. The van der Waals surface area contributed by atoms with Crippen LogP contribution in [0.1, 0.15) is 26.2 Å². The molecule has 7 heteroatoms. The largest absolute Gasteiger partial charge is 0.477 e. The van der Waals surface area contributed by atoms with E-state index in [9.17, 15) is 8.42 Å². The molecule has 0 N–H and O–H groups in total. The van der Waals surface area contributed by atoms with Crippen LogP contribution >= 0.6 is 0 Å². The van der Waals surface area contributed by atoms with Crippen LogP contribution < -0.4 is 4.74 Å². The first-order valence-electron chi connectivity index (χ1n) is 8.19. The van der Waals surface area contributed by atoms with Gasteiger partial charge in [-0.15, -0.1) is 0 Å². The van der Waals surface area contributed by atoms with E-state index in [1.54, 1.807) is 17.4 Å². The number of hydrogen-bond donors (Lipinski definition) is 0. The van der Waals surface area contributed by atoms with E-state index < -0.39 is 10.0 Å². The Labute approximate surface area is 137 Å². The predicted octanol–water partition coefficient (Wildman–Crippen LogP) is 1.68. The average Bonchev–Trinajstić information content (AvgIpc) is 2.60. The lowest BCUT2D eigenvalue weighted by molar-refractivity contribution is -0.128. The summed E-state index contributed by atoms with van der Waals surface area (Å²) in [6.07, 6.45) is 4.33. The molecular formula is C16H24N2O4S. The summed E-state index contributed by atoms with van der Waals surface area (Å²) in [6, 6.07) is 5.54. The van der Waals surface area contributed by atoms with E-state index in [4.69, 9.17) is 9.47 Å². The van der Waals surface area contributed by atoms with Crippen LogP contribution in [0.5, 0.6) is 5.88 Å². The molecule has 6 nitrogen and oxygen atoms in total. The highest BCUT2D eigenvalue weighted by Gasteiger charge is 2.48. The molecule has 3 heterocycles. The lowest BCUT2D eigenvalue weighted by Gasteiger charge is -2.49. The minimum absolute atomic E-state index is 0.0586. The molecule has 23 heavy (non-hydrogen) atoms. The lowest BCUT2D eigenvalue weighted by atomic mass is 9.73. The number of piperidine rings is 1. The van der Waals surface area contributed by atoms with Crippen molar-refractivity contribution in [3.63, 3.8) is 0 Å². The second-order valence-electron chi connectivity index (χ2n) is 6.30. The average molecular weight is 340 g/mol. The fraction of sp³-hybridized carbons (Fsp3) is 0.688. The fourth-order valence-corrected chi connectivity index (χ4v) is 4.73. The molecule has 1 aromatic rings. The highest BCUT2D eigenvalue weighted by Crippen LogP contribution is 2.41. The topological polar surface area (TPSA) is 68.7 Å². The van der Waals surface area contributed by atoms with Crippen LogP contribution in [0.4, 0.5) is 0 Å².